The first-order valence-electron chi connectivity index (χ1n) is 11.0. The van der Waals surface area contributed by atoms with Crippen LogP contribution in [0.3, 0.4) is 0 Å². The fourth-order valence-corrected chi connectivity index (χ4v) is 2.20. The Morgan fingerprint density at radius 3 is 0.929 bits per heavy atom. The van der Waals surface area contributed by atoms with Crippen molar-refractivity contribution in [3.8, 4) is 0 Å². The van der Waals surface area contributed by atoms with Crippen molar-refractivity contribution in [2.24, 2.45) is 0 Å². The van der Waals surface area contributed by atoms with E-state index in [0.717, 1.165) is 26.1 Å². The Bertz CT molecular complexity index is 241. The largest absolute Gasteiger partial charge is 0.379 e. The molecule has 0 spiro atoms. The van der Waals surface area contributed by atoms with Crippen molar-refractivity contribution >= 4 is 0 Å². The molecule has 0 aromatic rings. The molecule has 7 nitrogen and oxygen atoms in total. The van der Waals surface area contributed by atoms with Crippen LogP contribution in [0.1, 0.15) is 46.0 Å². The maximum absolute atomic E-state index is 5.50. The molecule has 0 N–H and O–H groups in total. The van der Waals surface area contributed by atoms with Crippen molar-refractivity contribution in [2.45, 2.75) is 46.0 Å². The van der Waals surface area contributed by atoms with Crippen LogP contribution in [0.15, 0.2) is 0 Å². The molecular formula is C21H44O7. The lowest BCUT2D eigenvalue weighted by molar-refractivity contribution is -0.0205. The molecule has 7 heteroatoms. The van der Waals surface area contributed by atoms with E-state index in [4.69, 9.17) is 33.2 Å². The Kier molecular flexibility index (Phi) is 26.5. The first-order valence-corrected chi connectivity index (χ1v) is 11.0. The molecule has 0 heterocycles. The summed E-state index contributed by atoms with van der Waals surface area (Å²) < 4.78 is 37.9. The predicted octanol–water partition coefficient (Wildman–Crippen LogP) is 3.09. The number of hydrogen-bond acceptors (Lipinski definition) is 7. The van der Waals surface area contributed by atoms with Gasteiger partial charge in [-0.15, -0.1) is 0 Å². The summed E-state index contributed by atoms with van der Waals surface area (Å²) in [7, 11) is 0. The minimum Gasteiger partial charge on any atom is -0.379 e. The molecule has 0 unspecified atom stereocenters. The van der Waals surface area contributed by atoms with Crippen molar-refractivity contribution in [3.63, 3.8) is 0 Å². The summed E-state index contributed by atoms with van der Waals surface area (Å²) in [6.45, 7) is 13.1. The highest BCUT2D eigenvalue weighted by Gasteiger charge is 1.94. The molecule has 0 aromatic carbocycles. The van der Waals surface area contributed by atoms with Gasteiger partial charge >= 0.3 is 0 Å². The van der Waals surface area contributed by atoms with Crippen LogP contribution < -0.4 is 0 Å². The van der Waals surface area contributed by atoms with E-state index < -0.39 is 0 Å². The van der Waals surface area contributed by atoms with Gasteiger partial charge in [-0.1, -0.05) is 33.1 Å². The molecule has 0 rings (SSSR count). The lowest BCUT2D eigenvalue weighted by Gasteiger charge is -2.08. The Morgan fingerprint density at radius 2 is 0.607 bits per heavy atom. The van der Waals surface area contributed by atoms with E-state index in [-0.39, 0.29) is 0 Å². The second kappa shape index (κ2) is 26.7. The third-order valence-electron chi connectivity index (χ3n) is 3.72. The zero-order chi connectivity index (χ0) is 20.4. The molecule has 0 radical (unpaired) electrons. The number of unbranched alkanes of at least 4 members (excludes halogenated alkanes) is 3. The van der Waals surface area contributed by atoms with Crippen LogP contribution in [0.5, 0.6) is 0 Å². The van der Waals surface area contributed by atoms with Gasteiger partial charge in [0.25, 0.3) is 0 Å². The van der Waals surface area contributed by atoms with Gasteiger partial charge in [0, 0.05) is 13.2 Å². The quantitative estimate of drug-likeness (QED) is 0.215. The van der Waals surface area contributed by atoms with Gasteiger partial charge < -0.3 is 33.2 Å². The molecule has 0 saturated heterocycles. The minimum atomic E-state index is 0.565. The molecule has 0 atom stereocenters. The van der Waals surface area contributed by atoms with E-state index in [1.54, 1.807) is 0 Å². The summed E-state index contributed by atoms with van der Waals surface area (Å²) in [5.41, 5.74) is 0. The van der Waals surface area contributed by atoms with Crippen molar-refractivity contribution in [2.75, 3.05) is 92.5 Å². The Labute approximate surface area is 172 Å². The highest BCUT2D eigenvalue weighted by atomic mass is 16.6. The van der Waals surface area contributed by atoms with Crippen LogP contribution >= 0.6 is 0 Å². The van der Waals surface area contributed by atoms with E-state index >= 15 is 0 Å². The molecule has 170 valence electrons. The van der Waals surface area contributed by atoms with Crippen LogP contribution in [0, 0.1) is 0 Å². The maximum atomic E-state index is 5.50. The molecule has 0 fully saturated rings. The van der Waals surface area contributed by atoms with Crippen LogP contribution in [-0.4, -0.2) is 92.5 Å². The molecule has 0 aliphatic heterocycles. The lowest BCUT2D eigenvalue weighted by Crippen LogP contribution is -2.14. The summed E-state index contributed by atoms with van der Waals surface area (Å²) in [4.78, 5) is 0. The van der Waals surface area contributed by atoms with Gasteiger partial charge in [-0.3, -0.25) is 0 Å². The second-order valence-electron chi connectivity index (χ2n) is 6.35. The lowest BCUT2D eigenvalue weighted by atomic mass is 10.2. The molecular weight excluding hydrogens is 364 g/mol. The molecule has 0 aliphatic rings. The summed E-state index contributed by atoms with van der Waals surface area (Å²) >= 11 is 0. The monoisotopic (exact) mass is 408 g/mol. The van der Waals surface area contributed by atoms with Crippen molar-refractivity contribution < 1.29 is 33.2 Å². The van der Waals surface area contributed by atoms with Gasteiger partial charge in [0.05, 0.1) is 79.3 Å². The van der Waals surface area contributed by atoms with Crippen LogP contribution in [0.2, 0.25) is 0 Å². The van der Waals surface area contributed by atoms with Gasteiger partial charge in [0.2, 0.25) is 0 Å². The SMILES string of the molecule is CCCCCCOCCOCCOCCOCCOCCOCCOCCC. The highest BCUT2D eigenvalue weighted by Crippen LogP contribution is 1.98. The topological polar surface area (TPSA) is 64.6 Å². The van der Waals surface area contributed by atoms with Crippen LogP contribution in [0.25, 0.3) is 0 Å². The van der Waals surface area contributed by atoms with E-state index in [1.807, 2.05) is 0 Å². The fraction of sp³-hybridized carbons (Fsp3) is 1.00. The minimum absolute atomic E-state index is 0.565. The molecule has 28 heavy (non-hydrogen) atoms. The highest BCUT2D eigenvalue weighted by molar-refractivity contribution is 4.40. The van der Waals surface area contributed by atoms with Gasteiger partial charge in [-0.25, -0.2) is 0 Å². The predicted molar refractivity (Wildman–Crippen MR) is 110 cm³/mol. The maximum Gasteiger partial charge on any atom is 0.0701 e. The molecule has 0 amide bonds. The van der Waals surface area contributed by atoms with E-state index in [9.17, 15) is 0 Å². The Morgan fingerprint density at radius 1 is 0.286 bits per heavy atom. The Balaban J connectivity index is 2.96. The standard InChI is InChI=1S/C21H44O7/c1-3-5-6-7-9-23-11-13-25-15-17-27-19-21-28-20-18-26-16-14-24-12-10-22-8-4-2/h3-21H2,1-2H3. The van der Waals surface area contributed by atoms with Crippen molar-refractivity contribution in [1.29, 1.82) is 0 Å². The molecule has 0 bridgehead atoms. The average molecular weight is 409 g/mol. The van der Waals surface area contributed by atoms with Crippen LogP contribution in [0.4, 0.5) is 0 Å². The fourth-order valence-electron chi connectivity index (χ4n) is 2.20. The van der Waals surface area contributed by atoms with Gasteiger partial charge in [0.15, 0.2) is 0 Å². The van der Waals surface area contributed by atoms with Gasteiger partial charge in [0.1, 0.15) is 0 Å². The smallest absolute Gasteiger partial charge is 0.0701 e. The first kappa shape index (κ1) is 27.7. The summed E-state index contributed by atoms with van der Waals surface area (Å²) in [6.07, 6.45) is 5.98. The number of rotatable bonds is 25. The first-order chi connectivity index (χ1) is 13.9. The summed E-state index contributed by atoms with van der Waals surface area (Å²) in [6, 6.07) is 0. The van der Waals surface area contributed by atoms with Crippen molar-refractivity contribution in [1.82, 2.24) is 0 Å². The van der Waals surface area contributed by atoms with Crippen LogP contribution in [-0.2, 0) is 33.2 Å². The average Bonchev–Trinajstić information content (AvgIpc) is 2.71. The third kappa shape index (κ3) is 25.7. The molecule has 0 aliphatic carbocycles. The van der Waals surface area contributed by atoms with Gasteiger partial charge in [-0.2, -0.15) is 0 Å². The third-order valence-corrected chi connectivity index (χ3v) is 3.72. The van der Waals surface area contributed by atoms with E-state index in [1.165, 1.54) is 19.3 Å². The number of ether oxygens (including phenoxy) is 7. The van der Waals surface area contributed by atoms with Gasteiger partial charge in [-0.05, 0) is 12.8 Å². The van der Waals surface area contributed by atoms with E-state index in [0.29, 0.717) is 79.3 Å². The normalized spacial score (nSPS) is 11.4. The zero-order valence-corrected chi connectivity index (χ0v) is 18.3. The summed E-state index contributed by atoms with van der Waals surface area (Å²) in [5.74, 6) is 0. The zero-order valence-electron chi connectivity index (χ0n) is 18.3. The van der Waals surface area contributed by atoms with E-state index in [2.05, 4.69) is 13.8 Å². The molecule has 0 aromatic heterocycles. The van der Waals surface area contributed by atoms with Crippen molar-refractivity contribution in [3.05, 3.63) is 0 Å². The second-order valence-corrected chi connectivity index (χ2v) is 6.35. The molecule has 0 saturated carbocycles. The summed E-state index contributed by atoms with van der Waals surface area (Å²) in [5, 5.41) is 0. The number of hydrogen-bond donors (Lipinski definition) is 0. The Hall–Kier alpha value is -0.280.